The zero-order chi connectivity index (χ0) is 19.9. The molecule has 0 fully saturated rings. The number of hydrogen-bond acceptors (Lipinski definition) is 6. The third-order valence-corrected chi connectivity index (χ3v) is 4.80. The van der Waals surface area contributed by atoms with E-state index in [9.17, 15) is 13.2 Å². The molecule has 1 aromatic carbocycles. The van der Waals surface area contributed by atoms with E-state index in [4.69, 9.17) is 13.3 Å². The summed E-state index contributed by atoms with van der Waals surface area (Å²) >= 11 is 0. The number of rotatable bonds is 9. The predicted molar refractivity (Wildman–Crippen MR) is 101 cm³/mol. The highest BCUT2D eigenvalue weighted by atomic mass is 32.2. The molecule has 0 amide bonds. The highest BCUT2D eigenvalue weighted by Crippen LogP contribution is 2.19. The van der Waals surface area contributed by atoms with Gasteiger partial charge < -0.3 is 9.15 Å². The third-order valence-electron chi connectivity index (χ3n) is 3.61. The zero-order valence-corrected chi connectivity index (χ0v) is 16.7. The van der Waals surface area contributed by atoms with Gasteiger partial charge in [0.1, 0.15) is 17.1 Å². The van der Waals surface area contributed by atoms with Crippen LogP contribution in [0.4, 0.5) is 0 Å². The summed E-state index contributed by atoms with van der Waals surface area (Å²) in [6, 6.07) is 12.3. The first kappa shape index (κ1) is 21.2. The molecule has 7 heteroatoms. The molecule has 6 nitrogen and oxygen atoms in total. The first-order valence-electron chi connectivity index (χ1n) is 8.78. The predicted octanol–water partition coefficient (Wildman–Crippen LogP) is 3.72. The van der Waals surface area contributed by atoms with E-state index in [0.29, 0.717) is 17.7 Å². The maximum Gasteiger partial charge on any atom is 0.306 e. The summed E-state index contributed by atoms with van der Waals surface area (Å²) in [5.41, 5.74) is 0.0410. The van der Waals surface area contributed by atoms with Crippen molar-refractivity contribution >= 4 is 16.1 Å². The molecule has 0 spiro atoms. The smallest absolute Gasteiger partial charge is 0.306 e. The molecular formula is C20H26O6S. The summed E-state index contributed by atoms with van der Waals surface area (Å²) in [7, 11) is -3.76. The summed E-state index contributed by atoms with van der Waals surface area (Å²) < 4.78 is 40.4. The van der Waals surface area contributed by atoms with Crippen molar-refractivity contribution in [2.75, 3.05) is 6.61 Å². The molecule has 0 unspecified atom stereocenters. The van der Waals surface area contributed by atoms with Crippen molar-refractivity contribution in [3.63, 3.8) is 0 Å². The van der Waals surface area contributed by atoms with Crippen molar-refractivity contribution in [1.29, 1.82) is 0 Å². The normalized spacial score (nSPS) is 13.3. The van der Waals surface area contributed by atoms with Crippen molar-refractivity contribution in [1.82, 2.24) is 0 Å². The van der Waals surface area contributed by atoms with Crippen LogP contribution in [-0.2, 0) is 36.0 Å². The summed E-state index contributed by atoms with van der Waals surface area (Å²) in [6.07, 6.45) is 1.96. The van der Waals surface area contributed by atoms with Crippen LogP contribution < -0.4 is 0 Å². The van der Waals surface area contributed by atoms with Crippen LogP contribution in [0.3, 0.4) is 0 Å². The Bertz CT molecular complexity index is 804. The highest BCUT2D eigenvalue weighted by Gasteiger charge is 2.24. The summed E-state index contributed by atoms with van der Waals surface area (Å²) in [5.74, 6) is -0.333. The summed E-state index contributed by atoms with van der Waals surface area (Å²) in [6.45, 7) is 5.24. The maximum atomic E-state index is 12.3. The fourth-order valence-electron chi connectivity index (χ4n) is 2.54. The molecule has 0 aliphatic heterocycles. The molecule has 0 radical (unpaired) electrons. The number of ether oxygens (including phenoxy) is 1. The van der Waals surface area contributed by atoms with Gasteiger partial charge in [0, 0.05) is 12.3 Å². The number of hydrogen-bond donors (Lipinski definition) is 0. The molecule has 1 heterocycles. The zero-order valence-electron chi connectivity index (χ0n) is 15.9. The van der Waals surface area contributed by atoms with Crippen LogP contribution in [-0.4, -0.2) is 26.6 Å². The Morgan fingerprint density at radius 3 is 2.41 bits per heavy atom. The SMILES string of the molecule is CC(C)(C)OC(=O)C[C@H](COS(=O)(=O)Cc1ccccc1)Cc1ccco1. The second-order valence-electron chi connectivity index (χ2n) is 7.41. The topological polar surface area (TPSA) is 82.8 Å². The van der Waals surface area contributed by atoms with E-state index in [1.54, 1.807) is 57.2 Å². The minimum atomic E-state index is -3.76. The monoisotopic (exact) mass is 394 g/mol. The van der Waals surface area contributed by atoms with Crippen molar-refractivity contribution in [3.05, 3.63) is 60.1 Å². The molecule has 2 rings (SSSR count). The average molecular weight is 394 g/mol. The Morgan fingerprint density at radius 1 is 1.11 bits per heavy atom. The fraction of sp³-hybridized carbons (Fsp3) is 0.450. The molecule has 0 saturated carbocycles. The molecule has 27 heavy (non-hydrogen) atoms. The lowest BCUT2D eigenvalue weighted by Crippen LogP contribution is -2.27. The molecule has 1 aromatic heterocycles. The first-order valence-corrected chi connectivity index (χ1v) is 10.4. The molecular weight excluding hydrogens is 368 g/mol. The van der Waals surface area contributed by atoms with Crippen molar-refractivity contribution in [3.8, 4) is 0 Å². The molecule has 148 valence electrons. The van der Waals surface area contributed by atoms with E-state index in [1.165, 1.54) is 6.26 Å². The molecule has 2 aromatic rings. The van der Waals surface area contributed by atoms with Gasteiger partial charge in [-0.2, -0.15) is 8.42 Å². The first-order chi connectivity index (χ1) is 12.6. The fourth-order valence-corrected chi connectivity index (χ4v) is 3.63. The van der Waals surface area contributed by atoms with Crippen molar-refractivity contribution in [2.24, 2.45) is 5.92 Å². The van der Waals surface area contributed by atoms with Gasteiger partial charge in [-0.1, -0.05) is 30.3 Å². The number of benzene rings is 1. The quantitative estimate of drug-likeness (QED) is 0.476. The van der Waals surface area contributed by atoms with Gasteiger partial charge in [0.25, 0.3) is 10.1 Å². The van der Waals surface area contributed by atoms with Gasteiger partial charge in [-0.3, -0.25) is 8.98 Å². The van der Waals surface area contributed by atoms with Gasteiger partial charge >= 0.3 is 5.97 Å². The number of furan rings is 1. The van der Waals surface area contributed by atoms with Gasteiger partial charge in [-0.25, -0.2) is 0 Å². The van der Waals surface area contributed by atoms with Crippen LogP contribution in [0, 0.1) is 5.92 Å². The summed E-state index contributed by atoms with van der Waals surface area (Å²) in [5, 5.41) is 0. The van der Waals surface area contributed by atoms with Gasteiger partial charge in [0.2, 0.25) is 0 Å². The Hall–Kier alpha value is -2.12. The number of carbonyl (C=O) groups excluding carboxylic acids is 1. The Balaban J connectivity index is 1.99. The van der Waals surface area contributed by atoms with Gasteiger partial charge in [0.05, 0.1) is 19.3 Å². The van der Waals surface area contributed by atoms with Gasteiger partial charge in [-0.15, -0.1) is 0 Å². The van der Waals surface area contributed by atoms with Crippen LogP contribution in [0.2, 0.25) is 0 Å². The van der Waals surface area contributed by atoms with E-state index in [1.807, 2.05) is 6.07 Å². The van der Waals surface area contributed by atoms with Crippen LogP contribution >= 0.6 is 0 Å². The molecule has 0 aliphatic carbocycles. The lowest BCUT2D eigenvalue weighted by molar-refractivity contribution is -0.156. The van der Waals surface area contributed by atoms with Crippen LogP contribution in [0.1, 0.15) is 38.5 Å². The number of esters is 1. The Labute approximate surface area is 160 Å². The van der Waals surface area contributed by atoms with Crippen LogP contribution in [0.5, 0.6) is 0 Å². The second-order valence-corrected chi connectivity index (χ2v) is 9.05. The lowest BCUT2D eigenvalue weighted by Gasteiger charge is -2.22. The molecule has 0 bridgehead atoms. The van der Waals surface area contributed by atoms with E-state index in [0.717, 1.165) is 0 Å². The highest BCUT2D eigenvalue weighted by molar-refractivity contribution is 7.85. The van der Waals surface area contributed by atoms with Crippen molar-refractivity contribution in [2.45, 2.75) is 45.0 Å². The maximum absolute atomic E-state index is 12.3. The van der Waals surface area contributed by atoms with E-state index < -0.39 is 21.7 Å². The van der Waals surface area contributed by atoms with E-state index in [2.05, 4.69) is 0 Å². The standard InChI is InChI=1S/C20H26O6S/c1-20(2,3)26-19(21)13-17(12-18-10-7-11-24-18)14-25-27(22,23)15-16-8-5-4-6-9-16/h4-11,17H,12-15H2,1-3H3/t17-/m1/s1. The molecule has 0 N–H and O–H groups in total. The minimum Gasteiger partial charge on any atom is -0.469 e. The lowest BCUT2D eigenvalue weighted by atomic mass is 10.0. The van der Waals surface area contributed by atoms with Crippen LogP contribution in [0.25, 0.3) is 0 Å². The van der Waals surface area contributed by atoms with Crippen molar-refractivity contribution < 1.29 is 26.5 Å². The molecule has 0 aliphatic rings. The van der Waals surface area contributed by atoms with E-state index >= 15 is 0 Å². The second kappa shape index (κ2) is 9.19. The summed E-state index contributed by atoms with van der Waals surface area (Å²) in [4.78, 5) is 12.2. The molecule has 1 atom stereocenters. The van der Waals surface area contributed by atoms with Gasteiger partial charge in [-0.05, 0) is 38.5 Å². The Kier molecular flexibility index (Phi) is 7.21. The van der Waals surface area contributed by atoms with Gasteiger partial charge in [0.15, 0.2) is 0 Å². The minimum absolute atomic E-state index is 0.0405. The van der Waals surface area contributed by atoms with Crippen LogP contribution in [0.15, 0.2) is 53.1 Å². The average Bonchev–Trinajstić information content (AvgIpc) is 3.04. The Morgan fingerprint density at radius 2 is 1.81 bits per heavy atom. The largest absolute Gasteiger partial charge is 0.469 e. The third kappa shape index (κ3) is 8.41. The molecule has 0 saturated heterocycles. The number of carbonyl (C=O) groups is 1. The van der Waals surface area contributed by atoms with E-state index in [-0.39, 0.29) is 24.7 Å².